The maximum Gasteiger partial charge on any atom is 0.260 e. The van der Waals surface area contributed by atoms with Crippen LogP contribution in [0.4, 0.5) is 0 Å². The average Bonchev–Trinajstić information content (AvgIpc) is 2.67. The zero-order valence-electron chi connectivity index (χ0n) is 14.0. The Labute approximate surface area is 155 Å². The van der Waals surface area contributed by atoms with Crippen molar-refractivity contribution in [1.29, 1.82) is 0 Å². The topological polar surface area (TPSA) is 48.0 Å². The van der Waals surface area contributed by atoms with Gasteiger partial charge in [-0.25, -0.2) is 0 Å². The van der Waals surface area contributed by atoms with Crippen LogP contribution in [0.2, 0.25) is 0 Å². The number of carbonyl (C=O) groups excluding carboxylic acids is 1. The maximum absolute atomic E-state index is 12.5. The van der Waals surface area contributed by atoms with E-state index in [1.807, 2.05) is 36.4 Å². The van der Waals surface area contributed by atoms with E-state index in [0.29, 0.717) is 31.2 Å². The first kappa shape index (κ1) is 17.8. The lowest BCUT2D eigenvalue weighted by atomic mass is 10.1. The van der Waals surface area contributed by atoms with Gasteiger partial charge in [0.1, 0.15) is 6.10 Å². The number of carbonyl (C=O) groups is 1. The van der Waals surface area contributed by atoms with Crippen LogP contribution in [0.3, 0.4) is 0 Å². The van der Waals surface area contributed by atoms with Gasteiger partial charge in [-0.2, -0.15) is 0 Å². The third-order valence-corrected chi connectivity index (χ3v) is 4.61. The van der Waals surface area contributed by atoms with Crippen LogP contribution in [0.5, 0.6) is 11.5 Å². The van der Waals surface area contributed by atoms with E-state index in [9.17, 15) is 4.79 Å². The average molecular weight is 406 g/mol. The number of hydrogen-bond donors (Lipinski definition) is 0. The molecule has 0 bridgehead atoms. The highest BCUT2D eigenvalue weighted by Crippen LogP contribution is 2.26. The minimum absolute atomic E-state index is 0.0204. The van der Waals surface area contributed by atoms with E-state index < -0.39 is 0 Å². The highest BCUT2D eigenvalue weighted by molar-refractivity contribution is 9.10. The molecule has 0 N–H and O–H groups in total. The quantitative estimate of drug-likeness (QED) is 0.764. The van der Waals surface area contributed by atoms with E-state index in [1.54, 1.807) is 24.1 Å². The zero-order chi connectivity index (χ0) is 17.6. The Morgan fingerprint density at radius 1 is 1.20 bits per heavy atom. The van der Waals surface area contributed by atoms with Crippen LogP contribution in [0.25, 0.3) is 0 Å². The third kappa shape index (κ3) is 4.52. The van der Waals surface area contributed by atoms with Gasteiger partial charge in [-0.3, -0.25) is 4.79 Å². The van der Waals surface area contributed by atoms with Crippen molar-refractivity contribution in [3.05, 3.63) is 58.6 Å². The van der Waals surface area contributed by atoms with E-state index in [-0.39, 0.29) is 18.6 Å². The molecule has 1 heterocycles. The summed E-state index contributed by atoms with van der Waals surface area (Å²) in [5, 5.41) is 0. The van der Waals surface area contributed by atoms with Gasteiger partial charge in [-0.1, -0.05) is 40.2 Å². The second-order valence-corrected chi connectivity index (χ2v) is 6.61. The molecular weight excluding hydrogens is 386 g/mol. The van der Waals surface area contributed by atoms with Crippen molar-refractivity contribution in [1.82, 2.24) is 4.90 Å². The fraction of sp³-hybridized carbons (Fsp3) is 0.316. The summed E-state index contributed by atoms with van der Waals surface area (Å²) in [5.74, 6) is 1.12. The molecule has 1 atom stereocenters. The molecule has 0 radical (unpaired) electrons. The van der Waals surface area contributed by atoms with Gasteiger partial charge in [-0.15, -0.1) is 0 Å². The molecule has 0 saturated carbocycles. The van der Waals surface area contributed by atoms with Crippen LogP contribution in [-0.4, -0.2) is 44.2 Å². The molecule has 2 aromatic rings. The predicted molar refractivity (Wildman–Crippen MR) is 97.9 cm³/mol. The second-order valence-electron chi connectivity index (χ2n) is 5.69. The van der Waals surface area contributed by atoms with Crippen LogP contribution in [-0.2, 0) is 9.53 Å². The fourth-order valence-electron chi connectivity index (χ4n) is 2.72. The number of morpholine rings is 1. The number of para-hydroxylation sites is 2. The molecular formula is C19H20BrNO4. The number of benzene rings is 2. The van der Waals surface area contributed by atoms with Gasteiger partial charge in [0.25, 0.3) is 5.91 Å². The van der Waals surface area contributed by atoms with Crippen molar-refractivity contribution in [2.24, 2.45) is 0 Å². The first-order valence-electron chi connectivity index (χ1n) is 8.08. The zero-order valence-corrected chi connectivity index (χ0v) is 15.6. The Balaban J connectivity index is 1.59. The molecule has 0 aliphatic carbocycles. The van der Waals surface area contributed by atoms with E-state index in [1.165, 1.54) is 0 Å². The molecule has 5 nitrogen and oxygen atoms in total. The summed E-state index contributed by atoms with van der Waals surface area (Å²) in [6.07, 6.45) is -0.114. The van der Waals surface area contributed by atoms with Gasteiger partial charge < -0.3 is 19.1 Å². The molecule has 25 heavy (non-hydrogen) atoms. The Morgan fingerprint density at radius 3 is 2.64 bits per heavy atom. The second kappa shape index (κ2) is 8.36. The highest BCUT2D eigenvalue weighted by Gasteiger charge is 2.25. The number of amides is 1. The van der Waals surface area contributed by atoms with Crippen LogP contribution < -0.4 is 9.47 Å². The molecule has 132 valence electrons. The minimum atomic E-state index is -0.114. The molecule has 1 fully saturated rings. The van der Waals surface area contributed by atoms with Crippen LogP contribution >= 0.6 is 15.9 Å². The number of methoxy groups -OCH3 is 1. The summed E-state index contributed by atoms with van der Waals surface area (Å²) < 4.78 is 17.7. The molecule has 1 aliphatic heterocycles. The number of rotatable bonds is 5. The summed E-state index contributed by atoms with van der Waals surface area (Å²) in [7, 11) is 1.58. The summed E-state index contributed by atoms with van der Waals surface area (Å²) >= 11 is 3.43. The maximum atomic E-state index is 12.5. The van der Waals surface area contributed by atoms with E-state index in [2.05, 4.69) is 15.9 Å². The van der Waals surface area contributed by atoms with Gasteiger partial charge in [0.15, 0.2) is 18.1 Å². The van der Waals surface area contributed by atoms with Crippen molar-refractivity contribution in [3.63, 3.8) is 0 Å². The van der Waals surface area contributed by atoms with Crippen molar-refractivity contribution in [3.8, 4) is 11.5 Å². The predicted octanol–water partition coefficient (Wildman–Crippen LogP) is 3.44. The van der Waals surface area contributed by atoms with E-state index >= 15 is 0 Å². The standard InChI is InChI=1S/C19H20BrNO4/c1-23-16-4-2-3-5-17(16)25-13-19(22)21-10-11-24-18(12-21)14-6-8-15(20)9-7-14/h2-9,18H,10-13H2,1H3. The Hall–Kier alpha value is -2.05. The number of ether oxygens (including phenoxy) is 3. The van der Waals surface area contributed by atoms with E-state index in [0.717, 1.165) is 10.0 Å². The first-order chi connectivity index (χ1) is 12.2. The monoisotopic (exact) mass is 405 g/mol. The van der Waals surface area contributed by atoms with Crippen molar-refractivity contribution in [2.75, 3.05) is 33.4 Å². The first-order valence-corrected chi connectivity index (χ1v) is 8.87. The Kier molecular flexibility index (Phi) is 5.94. The normalized spacial score (nSPS) is 17.2. The van der Waals surface area contributed by atoms with E-state index in [4.69, 9.17) is 14.2 Å². The lowest BCUT2D eigenvalue weighted by Gasteiger charge is -2.33. The minimum Gasteiger partial charge on any atom is -0.493 e. The number of nitrogens with zero attached hydrogens (tertiary/aromatic N) is 1. The lowest BCUT2D eigenvalue weighted by molar-refractivity contribution is -0.141. The van der Waals surface area contributed by atoms with Gasteiger partial charge in [0.2, 0.25) is 0 Å². The van der Waals surface area contributed by atoms with Crippen molar-refractivity contribution in [2.45, 2.75) is 6.10 Å². The summed E-state index contributed by atoms with van der Waals surface area (Å²) in [6.45, 7) is 1.59. The molecule has 1 amide bonds. The van der Waals surface area contributed by atoms with Crippen LogP contribution in [0.1, 0.15) is 11.7 Å². The smallest absolute Gasteiger partial charge is 0.260 e. The molecule has 6 heteroatoms. The molecule has 2 aromatic carbocycles. The van der Waals surface area contributed by atoms with Gasteiger partial charge in [0.05, 0.1) is 20.3 Å². The molecule has 3 rings (SSSR count). The van der Waals surface area contributed by atoms with Crippen LogP contribution in [0.15, 0.2) is 53.0 Å². The largest absolute Gasteiger partial charge is 0.493 e. The summed E-state index contributed by atoms with van der Waals surface area (Å²) in [5.41, 5.74) is 1.06. The van der Waals surface area contributed by atoms with Crippen LogP contribution in [0, 0.1) is 0 Å². The van der Waals surface area contributed by atoms with Gasteiger partial charge in [0, 0.05) is 11.0 Å². The Morgan fingerprint density at radius 2 is 1.92 bits per heavy atom. The number of halogens is 1. The fourth-order valence-corrected chi connectivity index (χ4v) is 2.99. The molecule has 1 aliphatic rings. The van der Waals surface area contributed by atoms with Crippen molar-refractivity contribution >= 4 is 21.8 Å². The molecule has 0 aromatic heterocycles. The van der Waals surface area contributed by atoms with Gasteiger partial charge >= 0.3 is 0 Å². The number of hydrogen-bond acceptors (Lipinski definition) is 4. The molecule has 1 unspecified atom stereocenters. The SMILES string of the molecule is COc1ccccc1OCC(=O)N1CCOC(c2ccc(Br)cc2)C1. The Bertz CT molecular complexity index is 720. The van der Waals surface area contributed by atoms with Gasteiger partial charge in [-0.05, 0) is 29.8 Å². The molecule has 0 spiro atoms. The summed E-state index contributed by atoms with van der Waals surface area (Å²) in [6, 6.07) is 15.3. The molecule has 1 saturated heterocycles. The van der Waals surface area contributed by atoms with Crippen molar-refractivity contribution < 1.29 is 19.0 Å². The lowest BCUT2D eigenvalue weighted by Crippen LogP contribution is -2.44. The highest BCUT2D eigenvalue weighted by atomic mass is 79.9. The summed E-state index contributed by atoms with van der Waals surface area (Å²) in [4.78, 5) is 14.3. The third-order valence-electron chi connectivity index (χ3n) is 4.08.